The van der Waals surface area contributed by atoms with E-state index in [1.807, 2.05) is 26.1 Å². The van der Waals surface area contributed by atoms with Crippen LogP contribution in [0.5, 0.6) is 5.75 Å². The lowest BCUT2D eigenvalue weighted by molar-refractivity contribution is 0.339. The molecule has 0 aliphatic rings. The summed E-state index contributed by atoms with van der Waals surface area (Å²) in [5, 5.41) is 3.37. The Morgan fingerprint density at radius 3 is 2.42 bits per heavy atom. The third-order valence-corrected chi connectivity index (χ3v) is 3.64. The summed E-state index contributed by atoms with van der Waals surface area (Å²) in [7, 11) is 1.98. The Kier molecular flexibility index (Phi) is 5.22. The van der Waals surface area contributed by atoms with Gasteiger partial charge in [-0.15, -0.1) is 0 Å². The summed E-state index contributed by atoms with van der Waals surface area (Å²) in [5.74, 6) is 0.922. The van der Waals surface area contributed by atoms with Crippen molar-refractivity contribution in [3.8, 4) is 5.75 Å². The number of halogens is 1. The minimum absolute atomic E-state index is 0.190. The van der Waals surface area contributed by atoms with Crippen molar-refractivity contribution < 1.29 is 4.74 Å². The van der Waals surface area contributed by atoms with Crippen LogP contribution in [0.4, 0.5) is 0 Å². The average molecular weight is 367 g/mol. The van der Waals surface area contributed by atoms with Crippen LogP contribution >= 0.6 is 22.6 Å². The van der Waals surface area contributed by atoms with Crippen LogP contribution in [0.3, 0.4) is 0 Å². The molecule has 0 aliphatic heterocycles. The van der Waals surface area contributed by atoms with Gasteiger partial charge < -0.3 is 10.1 Å². The lowest BCUT2D eigenvalue weighted by Gasteiger charge is -2.18. The molecule has 1 atom stereocenters. The Morgan fingerprint density at radius 2 is 1.79 bits per heavy atom. The Hall–Kier alpha value is -1.07. The number of rotatable bonds is 5. The molecule has 2 aromatic carbocycles. The zero-order chi connectivity index (χ0) is 13.7. The first kappa shape index (κ1) is 14.3. The number of hydrogen-bond acceptors (Lipinski definition) is 2. The maximum atomic E-state index is 5.57. The summed E-state index contributed by atoms with van der Waals surface area (Å²) >= 11 is 2.34. The summed E-state index contributed by atoms with van der Waals surface area (Å²) in [4.78, 5) is 0. The van der Waals surface area contributed by atoms with Crippen molar-refractivity contribution in [3.05, 3.63) is 63.2 Å². The van der Waals surface area contributed by atoms with Crippen LogP contribution in [-0.4, -0.2) is 13.7 Å². The molecule has 3 heteroatoms. The van der Waals surface area contributed by atoms with Crippen LogP contribution in [-0.2, 0) is 0 Å². The van der Waals surface area contributed by atoms with E-state index in [2.05, 4.69) is 64.3 Å². The summed E-state index contributed by atoms with van der Waals surface area (Å²) < 4.78 is 6.82. The van der Waals surface area contributed by atoms with E-state index in [1.165, 1.54) is 14.7 Å². The zero-order valence-electron chi connectivity index (χ0n) is 11.2. The second-order valence-electron chi connectivity index (χ2n) is 4.28. The van der Waals surface area contributed by atoms with E-state index in [1.54, 1.807) is 0 Å². The maximum Gasteiger partial charge on any atom is 0.119 e. The third kappa shape index (κ3) is 3.70. The molecule has 0 bridgehead atoms. The lowest BCUT2D eigenvalue weighted by atomic mass is 9.99. The average Bonchev–Trinajstić information content (AvgIpc) is 2.41. The highest BCUT2D eigenvalue weighted by Gasteiger charge is 2.12. The van der Waals surface area contributed by atoms with Crippen LogP contribution in [0.25, 0.3) is 0 Å². The van der Waals surface area contributed by atoms with E-state index < -0.39 is 0 Å². The highest BCUT2D eigenvalue weighted by molar-refractivity contribution is 14.1. The molecule has 100 valence electrons. The topological polar surface area (TPSA) is 21.3 Å². The number of ether oxygens (including phenoxy) is 1. The van der Waals surface area contributed by atoms with Gasteiger partial charge in [0.05, 0.1) is 12.6 Å². The van der Waals surface area contributed by atoms with Gasteiger partial charge in [0.1, 0.15) is 5.75 Å². The first-order valence-electron chi connectivity index (χ1n) is 6.40. The molecule has 0 heterocycles. The molecule has 0 saturated heterocycles. The van der Waals surface area contributed by atoms with Crippen molar-refractivity contribution in [2.75, 3.05) is 13.7 Å². The van der Waals surface area contributed by atoms with Gasteiger partial charge in [-0.05, 0) is 72.0 Å². The predicted molar refractivity (Wildman–Crippen MR) is 87.7 cm³/mol. The van der Waals surface area contributed by atoms with Crippen molar-refractivity contribution >= 4 is 22.6 Å². The molecule has 0 amide bonds. The van der Waals surface area contributed by atoms with Gasteiger partial charge in [0.2, 0.25) is 0 Å². The van der Waals surface area contributed by atoms with E-state index in [0.717, 1.165) is 5.75 Å². The molecule has 0 saturated carbocycles. The van der Waals surface area contributed by atoms with Crippen LogP contribution in [0, 0.1) is 3.57 Å². The number of benzene rings is 2. The zero-order valence-corrected chi connectivity index (χ0v) is 13.3. The van der Waals surface area contributed by atoms with Crippen LogP contribution in [0.2, 0.25) is 0 Å². The van der Waals surface area contributed by atoms with Crippen molar-refractivity contribution in [2.45, 2.75) is 13.0 Å². The maximum absolute atomic E-state index is 5.57. The van der Waals surface area contributed by atoms with Gasteiger partial charge in [0, 0.05) is 3.57 Å². The van der Waals surface area contributed by atoms with Crippen LogP contribution in [0.1, 0.15) is 24.1 Å². The fraction of sp³-hybridized carbons (Fsp3) is 0.250. The number of hydrogen-bond donors (Lipinski definition) is 1. The standard InChI is InChI=1S/C16H18INO/c1-3-19-15-9-5-7-13(11-15)16(18-2)12-6-4-8-14(17)10-12/h4-11,16,18H,3H2,1-2H3. The molecule has 1 N–H and O–H groups in total. The van der Waals surface area contributed by atoms with Crippen molar-refractivity contribution in [2.24, 2.45) is 0 Å². The van der Waals surface area contributed by atoms with Gasteiger partial charge in [-0.25, -0.2) is 0 Å². The second kappa shape index (κ2) is 6.91. The van der Waals surface area contributed by atoms with Gasteiger partial charge in [-0.2, -0.15) is 0 Å². The molecule has 19 heavy (non-hydrogen) atoms. The minimum atomic E-state index is 0.190. The Bertz CT molecular complexity index is 542. The molecule has 2 nitrogen and oxygen atoms in total. The largest absolute Gasteiger partial charge is 0.494 e. The summed E-state index contributed by atoms with van der Waals surface area (Å²) in [5.41, 5.74) is 2.48. The van der Waals surface area contributed by atoms with E-state index in [0.29, 0.717) is 6.61 Å². The first-order chi connectivity index (χ1) is 9.24. The Labute approximate surface area is 128 Å². The number of nitrogens with one attached hydrogen (secondary N) is 1. The summed E-state index contributed by atoms with van der Waals surface area (Å²) in [6.07, 6.45) is 0. The van der Waals surface area contributed by atoms with Gasteiger partial charge in [0.15, 0.2) is 0 Å². The summed E-state index contributed by atoms with van der Waals surface area (Å²) in [6, 6.07) is 17.0. The SMILES string of the molecule is CCOc1cccc(C(NC)c2cccc(I)c2)c1. The van der Waals surface area contributed by atoms with Crippen molar-refractivity contribution in [3.63, 3.8) is 0 Å². The van der Waals surface area contributed by atoms with E-state index >= 15 is 0 Å². The van der Waals surface area contributed by atoms with E-state index in [-0.39, 0.29) is 6.04 Å². The molecule has 0 aromatic heterocycles. The fourth-order valence-electron chi connectivity index (χ4n) is 2.16. The molecule has 2 aromatic rings. The molecule has 0 fully saturated rings. The molecule has 1 unspecified atom stereocenters. The Balaban J connectivity index is 2.33. The van der Waals surface area contributed by atoms with Crippen LogP contribution in [0.15, 0.2) is 48.5 Å². The lowest BCUT2D eigenvalue weighted by Crippen LogP contribution is -2.17. The second-order valence-corrected chi connectivity index (χ2v) is 5.53. The molecule has 0 spiro atoms. The van der Waals surface area contributed by atoms with Gasteiger partial charge in [-0.1, -0.05) is 24.3 Å². The third-order valence-electron chi connectivity index (χ3n) is 2.97. The van der Waals surface area contributed by atoms with Crippen LogP contribution < -0.4 is 10.1 Å². The predicted octanol–water partition coefficient (Wildman–Crippen LogP) is 4.00. The highest BCUT2D eigenvalue weighted by atomic mass is 127. The quantitative estimate of drug-likeness (QED) is 0.807. The van der Waals surface area contributed by atoms with Gasteiger partial charge in [0.25, 0.3) is 0 Å². The fourth-order valence-corrected chi connectivity index (χ4v) is 2.73. The van der Waals surface area contributed by atoms with Crippen molar-refractivity contribution in [1.29, 1.82) is 0 Å². The van der Waals surface area contributed by atoms with Gasteiger partial charge in [-0.3, -0.25) is 0 Å². The first-order valence-corrected chi connectivity index (χ1v) is 7.48. The monoisotopic (exact) mass is 367 g/mol. The normalized spacial score (nSPS) is 12.2. The smallest absolute Gasteiger partial charge is 0.119 e. The minimum Gasteiger partial charge on any atom is -0.494 e. The summed E-state index contributed by atoms with van der Waals surface area (Å²) in [6.45, 7) is 2.69. The molecule has 2 rings (SSSR count). The van der Waals surface area contributed by atoms with E-state index in [9.17, 15) is 0 Å². The molecule has 0 radical (unpaired) electrons. The molecular weight excluding hydrogens is 349 g/mol. The highest BCUT2D eigenvalue weighted by Crippen LogP contribution is 2.25. The molecule has 0 aliphatic carbocycles. The Morgan fingerprint density at radius 1 is 1.11 bits per heavy atom. The van der Waals surface area contributed by atoms with E-state index in [4.69, 9.17) is 4.74 Å². The van der Waals surface area contributed by atoms with Crippen molar-refractivity contribution in [1.82, 2.24) is 5.32 Å². The molecular formula is C16H18INO. The van der Waals surface area contributed by atoms with Gasteiger partial charge >= 0.3 is 0 Å².